The summed E-state index contributed by atoms with van der Waals surface area (Å²) in [7, 11) is 0. The number of aromatic nitrogens is 1. The van der Waals surface area contributed by atoms with Crippen molar-refractivity contribution >= 4 is 35.1 Å². The number of benzene rings is 1. The molecule has 0 aliphatic heterocycles. The van der Waals surface area contributed by atoms with Crippen LogP contribution in [0.25, 0.3) is 10.6 Å². The molecule has 0 atom stereocenters. The highest BCUT2D eigenvalue weighted by Gasteiger charge is 2.15. The average molecular weight is 346 g/mol. The molecular weight excluding hydrogens is 334 g/mol. The van der Waals surface area contributed by atoms with Gasteiger partial charge in [-0.25, -0.2) is 10.4 Å². The van der Waals surface area contributed by atoms with Crippen LogP contribution in [-0.2, 0) is 0 Å². The number of furan rings is 1. The molecule has 0 radical (unpaired) electrons. The number of thiazole rings is 1. The Hall–Kier alpha value is -2.44. The summed E-state index contributed by atoms with van der Waals surface area (Å²) >= 11 is 7.20. The maximum atomic E-state index is 12.2. The van der Waals surface area contributed by atoms with Crippen molar-refractivity contribution in [1.29, 1.82) is 0 Å². The van der Waals surface area contributed by atoms with E-state index in [0.29, 0.717) is 15.6 Å². The Kier molecular flexibility index (Phi) is 4.55. The Bertz CT molecular complexity index is 839. The zero-order valence-corrected chi connectivity index (χ0v) is 13.7. The predicted molar refractivity (Wildman–Crippen MR) is 91.1 cm³/mol. The fraction of sp³-hybridized carbons (Fsp3) is 0.0625. The van der Waals surface area contributed by atoms with E-state index in [1.807, 2.05) is 12.1 Å². The number of carbonyl (C=O) groups is 1. The molecule has 0 fully saturated rings. The molecule has 116 valence electrons. The highest BCUT2D eigenvalue weighted by Crippen LogP contribution is 2.28. The van der Waals surface area contributed by atoms with Crippen LogP contribution in [0.4, 0.5) is 0 Å². The first-order valence-corrected chi connectivity index (χ1v) is 7.92. The molecule has 2 aromatic heterocycles. The normalized spacial score (nSPS) is 11.0. The second-order valence-corrected chi connectivity index (χ2v) is 6.13. The molecule has 0 bridgehead atoms. The van der Waals surface area contributed by atoms with Crippen LogP contribution in [0.5, 0.6) is 0 Å². The standard InChI is InChI=1S/C16H12ClN3O2S/c1-10-14(15(21)20-18-8-11-6-7-22-9-11)23-16(19-10)12-2-4-13(17)5-3-12/h2-9H,1H3,(H,20,21)/b18-8+. The Balaban J connectivity index is 1.75. The summed E-state index contributed by atoms with van der Waals surface area (Å²) in [4.78, 5) is 17.2. The number of hydrogen-bond acceptors (Lipinski definition) is 5. The molecule has 23 heavy (non-hydrogen) atoms. The van der Waals surface area contributed by atoms with Gasteiger partial charge >= 0.3 is 0 Å². The number of hydrazone groups is 1. The Morgan fingerprint density at radius 3 is 2.83 bits per heavy atom. The predicted octanol–water partition coefficient (Wildman–Crippen LogP) is 4.13. The largest absolute Gasteiger partial charge is 0.472 e. The van der Waals surface area contributed by atoms with Gasteiger partial charge in [0.15, 0.2) is 0 Å². The molecule has 0 saturated carbocycles. The van der Waals surface area contributed by atoms with Crippen molar-refractivity contribution in [2.75, 3.05) is 0 Å². The van der Waals surface area contributed by atoms with Crippen LogP contribution in [0.3, 0.4) is 0 Å². The third-order valence-electron chi connectivity index (χ3n) is 3.02. The summed E-state index contributed by atoms with van der Waals surface area (Å²) in [6.45, 7) is 1.80. The Morgan fingerprint density at radius 2 is 2.13 bits per heavy atom. The van der Waals surface area contributed by atoms with Gasteiger partial charge in [0, 0.05) is 16.1 Å². The van der Waals surface area contributed by atoms with E-state index in [1.165, 1.54) is 30.1 Å². The molecule has 3 aromatic rings. The van der Waals surface area contributed by atoms with Crippen molar-refractivity contribution in [2.45, 2.75) is 6.92 Å². The van der Waals surface area contributed by atoms with Crippen molar-refractivity contribution in [2.24, 2.45) is 5.10 Å². The lowest BCUT2D eigenvalue weighted by Gasteiger charge is -1.96. The second-order valence-electron chi connectivity index (χ2n) is 4.70. The first-order valence-electron chi connectivity index (χ1n) is 6.72. The molecular formula is C16H12ClN3O2S. The highest BCUT2D eigenvalue weighted by molar-refractivity contribution is 7.17. The number of carbonyl (C=O) groups excluding carboxylic acids is 1. The van der Waals surface area contributed by atoms with Crippen LogP contribution >= 0.6 is 22.9 Å². The van der Waals surface area contributed by atoms with E-state index in [2.05, 4.69) is 15.5 Å². The molecule has 0 aliphatic rings. The van der Waals surface area contributed by atoms with Gasteiger partial charge in [-0.05, 0) is 25.1 Å². The molecule has 0 unspecified atom stereocenters. The molecule has 2 heterocycles. The molecule has 7 heteroatoms. The smallest absolute Gasteiger partial charge is 0.283 e. The molecule has 1 N–H and O–H groups in total. The van der Waals surface area contributed by atoms with Gasteiger partial charge in [0.2, 0.25) is 0 Å². The van der Waals surface area contributed by atoms with Crippen molar-refractivity contribution in [3.05, 3.63) is 64.0 Å². The summed E-state index contributed by atoms with van der Waals surface area (Å²) in [5.74, 6) is -0.292. The molecule has 5 nitrogen and oxygen atoms in total. The lowest BCUT2D eigenvalue weighted by molar-refractivity contribution is 0.0958. The number of hydrogen-bond donors (Lipinski definition) is 1. The van der Waals surface area contributed by atoms with Crippen molar-refractivity contribution < 1.29 is 9.21 Å². The van der Waals surface area contributed by atoms with Gasteiger partial charge in [0.05, 0.1) is 24.4 Å². The third kappa shape index (κ3) is 3.67. The summed E-state index contributed by atoms with van der Waals surface area (Å²) in [5, 5.41) is 5.33. The third-order valence-corrected chi connectivity index (χ3v) is 4.47. The van der Waals surface area contributed by atoms with Crippen LogP contribution in [0.1, 0.15) is 20.9 Å². The van der Waals surface area contributed by atoms with Gasteiger partial charge in [-0.15, -0.1) is 11.3 Å². The monoisotopic (exact) mass is 345 g/mol. The first kappa shape index (κ1) is 15.5. The lowest BCUT2D eigenvalue weighted by atomic mass is 10.2. The van der Waals surface area contributed by atoms with Gasteiger partial charge in [0.1, 0.15) is 9.88 Å². The lowest BCUT2D eigenvalue weighted by Crippen LogP contribution is -2.17. The Morgan fingerprint density at radius 1 is 1.35 bits per heavy atom. The van der Waals surface area contributed by atoms with Crippen molar-refractivity contribution in [3.8, 4) is 10.6 Å². The van der Waals surface area contributed by atoms with Gasteiger partial charge < -0.3 is 4.42 Å². The van der Waals surface area contributed by atoms with Gasteiger partial charge in [-0.1, -0.05) is 23.7 Å². The number of amides is 1. The highest BCUT2D eigenvalue weighted by atomic mass is 35.5. The SMILES string of the molecule is Cc1nc(-c2ccc(Cl)cc2)sc1C(=O)N/N=C/c1ccoc1. The zero-order chi connectivity index (χ0) is 16.2. The van der Waals surface area contributed by atoms with Gasteiger partial charge in [-0.2, -0.15) is 5.10 Å². The van der Waals surface area contributed by atoms with E-state index in [-0.39, 0.29) is 5.91 Å². The Labute approximate surface area is 141 Å². The van der Waals surface area contributed by atoms with Crippen LogP contribution in [-0.4, -0.2) is 17.1 Å². The van der Waals surface area contributed by atoms with E-state index >= 15 is 0 Å². The molecule has 1 amide bonds. The van der Waals surface area contributed by atoms with E-state index in [9.17, 15) is 4.79 Å². The number of halogens is 1. The van der Waals surface area contributed by atoms with Crippen molar-refractivity contribution in [1.82, 2.24) is 10.4 Å². The fourth-order valence-electron chi connectivity index (χ4n) is 1.89. The molecule has 0 saturated heterocycles. The summed E-state index contributed by atoms with van der Waals surface area (Å²) < 4.78 is 4.92. The van der Waals surface area contributed by atoms with Gasteiger partial charge in [-0.3, -0.25) is 4.79 Å². The topological polar surface area (TPSA) is 67.5 Å². The molecule has 3 rings (SSSR count). The van der Waals surface area contributed by atoms with E-state index in [0.717, 1.165) is 16.1 Å². The van der Waals surface area contributed by atoms with Crippen LogP contribution < -0.4 is 5.43 Å². The minimum Gasteiger partial charge on any atom is -0.472 e. The number of nitrogens with one attached hydrogen (secondary N) is 1. The number of rotatable bonds is 4. The summed E-state index contributed by atoms with van der Waals surface area (Å²) in [5.41, 5.74) is 4.84. The molecule has 0 spiro atoms. The second kappa shape index (κ2) is 6.76. The van der Waals surface area contributed by atoms with Crippen molar-refractivity contribution in [3.63, 3.8) is 0 Å². The maximum Gasteiger partial charge on any atom is 0.283 e. The van der Waals surface area contributed by atoms with Gasteiger partial charge in [0.25, 0.3) is 5.91 Å². The van der Waals surface area contributed by atoms with Crippen LogP contribution in [0.15, 0.2) is 52.4 Å². The number of aryl methyl sites for hydroxylation is 1. The van der Waals surface area contributed by atoms with E-state index in [4.69, 9.17) is 16.0 Å². The van der Waals surface area contributed by atoms with E-state index in [1.54, 1.807) is 25.1 Å². The molecule has 0 aliphatic carbocycles. The minimum atomic E-state index is -0.292. The quantitative estimate of drug-likeness (QED) is 0.571. The first-order chi connectivity index (χ1) is 11.1. The van der Waals surface area contributed by atoms with Crippen LogP contribution in [0.2, 0.25) is 5.02 Å². The average Bonchev–Trinajstić information content (AvgIpc) is 3.17. The molecule has 1 aromatic carbocycles. The fourth-order valence-corrected chi connectivity index (χ4v) is 2.98. The summed E-state index contributed by atoms with van der Waals surface area (Å²) in [6.07, 6.45) is 4.58. The maximum absolute atomic E-state index is 12.2. The van der Waals surface area contributed by atoms with Crippen LogP contribution in [0, 0.1) is 6.92 Å². The minimum absolute atomic E-state index is 0.292. The zero-order valence-electron chi connectivity index (χ0n) is 12.1. The number of nitrogens with zero attached hydrogens (tertiary/aromatic N) is 2. The van der Waals surface area contributed by atoms with E-state index < -0.39 is 0 Å². The summed E-state index contributed by atoms with van der Waals surface area (Å²) in [6, 6.07) is 9.08.